The van der Waals surface area contributed by atoms with Crippen LogP contribution in [0.25, 0.3) is 0 Å². The lowest BCUT2D eigenvalue weighted by Gasteiger charge is -2.30. The summed E-state index contributed by atoms with van der Waals surface area (Å²) >= 11 is 1.45. The number of benzene rings is 1. The molecule has 0 aromatic heterocycles. The summed E-state index contributed by atoms with van der Waals surface area (Å²) in [7, 11) is 1.61. The number of ether oxygens (including phenoxy) is 1. The van der Waals surface area contributed by atoms with Gasteiger partial charge in [-0.05, 0) is 26.3 Å². The second-order valence-electron chi connectivity index (χ2n) is 5.98. The lowest BCUT2D eigenvalue weighted by molar-refractivity contribution is 0.171. The van der Waals surface area contributed by atoms with Crippen molar-refractivity contribution in [3.8, 4) is 0 Å². The van der Waals surface area contributed by atoms with E-state index < -0.39 is 17.2 Å². The molecule has 3 N–H and O–H groups in total. The molecule has 4 nitrogen and oxygen atoms in total. The van der Waals surface area contributed by atoms with Crippen molar-refractivity contribution in [3.63, 3.8) is 0 Å². The Morgan fingerprint density at radius 2 is 2.17 bits per heavy atom. The SMILES string of the molecule is COC[C@@H](C)NCc1cc([C@]2(C)CCSC(N)=N2)c(F)cc1F. The second-order valence-corrected chi connectivity index (χ2v) is 7.10. The standard InChI is InChI=1S/C16H23F2N3OS/c1-10(9-22-3)20-8-11-6-12(14(18)7-13(11)17)16(2)4-5-23-15(19)21-16/h6-7,10,20H,4-5,8-9H2,1-3H3,(H2,19,21)/t10-,16+/m1/s1. The molecule has 0 radical (unpaired) electrons. The Morgan fingerprint density at radius 1 is 1.43 bits per heavy atom. The third kappa shape index (κ3) is 4.43. The minimum absolute atomic E-state index is 0.0724. The van der Waals surface area contributed by atoms with E-state index in [1.54, 1.807) is 13.2 Å². The summed E-state index contributed by atoms with van der Waals surface area (Å²) in [5.41, 5.74) is 5.84. The maximum Gasteiger partial charge on any atom is 0.154 e. The third-order valence-corrected chi connectivity index (χ3v) is 4.77. The van der Waals surface area contributed by atoms with E-state index in [2.05, 4.69) is 10.3 Å². The molecule has 0 saturated heterocycles. The van der Waals surface area contributed by atoms with Gasteiger partial charge in [0.1, 0.15) is 11.6 Å². The van der Waals surface area contributed by atoms with E-state index in [0.29, 0.717) is 35.9 Å². The van der Waals surface area contributed by atoms with Crippen molar-refractivity contribution in [1.82, 2.24) is 5.32 Å². The van der Waals surface area contributed by atoms with Gasteiger partial charge in [0.15, 0.2) is 5.17 Å². The van der Waals surface area contributed by atoms with E-state index in [1.165, 1.54) is 11.8 Å². The predicted octanol–water partition coefficient (Wildman–Crippen LogP) is 2.76. The maximum absolute atomic E-state index is 14.3. The molecule has 1 aromatic rings. The van der Waals surface area contributed by atoms with E-state index in [0.717, 1.165) is 11.8 Å². The van der Waals surface area contributed by atoms with Gasteiger partial charge in [0, 0.05) is 42.6 Å². The fourth-order valence-corrected chi connectivity index (χ4v) is 3.59. The van der Waals surface area contributed by atoms with Crippen molar-refractivity contribution < 1.29 is 13.5 Å². The van der Waals surface area contributed by atoms with Crippen molar-refractivity contribution in [2.75, 3.05) is 19.5 Å². The lowest BCUT2D eigenvalue weighted by atomic mass is 9.88. The maximum atomic E-state index is 14.3. The number of thioether (sulfide) groups is 1. The number of nitrogens with one attached hydrogen (secondary N) is 1. The normalized spacial score (nSPS) is 22.7. The molecule has 0 bridgehead atoms. The van der Waals surface area contributed by atoms with Crippen molar-refractivity contribution >= 4 is 16.9 Å². The van der Waals surface area contributed by atoms with Crippen LogP contribution in [0.2, 0.25) is 0 Å². The van der Waals surface area contributed by atoms with Crippen LogP contribution >= 0.6 is 11.8 Å². The molecule has 0 unspecified atom stereocenters. The first-order valence-electron chi connectivity index (χ1n) is 7.54. The monoisotopic (exact) mass is 343 g/mol. The van der Waals surface area contributed by atoms with Crippen LogP contribution in [0.4, 0.5) is 8.78 Å². The van der Waals surface area contributed by atoms with Crippen LogP contribution in [0.5, 0.6) is 0 Å². The highest BCUT2D eigenvalue weighted by Crippen LogP contribution is 2.37. The number of rotatable bonds is 6. The first-order valence-corrected chi connectivity index (χ1v) is 8.53. The zero-order valence-electron chi connectivity index (χ0n) is 13.7. The molecule has 0 fully saturated rings. The summed E-state index contributed by atoms with van der Waals surface area (Å²) in [6.45, 7) is 4.59. The predicted molar refractivity (Wildman–Crippen MR) is 90.6 cm³/mol. The van der Waals surface area contributed by atoms with Gasteiger partial charge in [-0.1, -0.05) is 11.8 Å². The van der Waals surface area contributed by atoms with Gasteiger partial charge in [0.25, 0.3) is 0 Å². The molecule has 1 heterocycles. The number of halogens is 2. The van der Waals surface area contributed by atoms with Gasteiger partial charge in [-0.3, -0.25) is 4.99 Å². The fraction of sp³-hybridized carbons (Fsp3) is 0.562. The average Bonchev–Trinajstić information content (AvgIpc) is 2.46. The van der Waals surface area contributed by atoms with Gasteiger partial charge >= 0.3 is 0 Å². The summed E-state index contributed by atoms with van der Waals surface area (Å²) in [6, 6.07) is 2.57. The fourth-order valence-electron chi connectivity index (χ4n) is 2.62. The number of aliphatic imine (C=N–C) groups is 1. The van der Waals surface area contributed by atoms with E-state index in [4.69, 9.17) is 10.5 Å². The number of methoxy groups -OCH3 is 1. The highest BCUT2D eigenvalue weighted by atomic mass is 32.2. The average molecular weight is 343 g/mol. The zero-order chi connectivity index (χ0) is 17.0. The van der Waals surface area contributed by atoms with Crippen molar-refractivity contribution in [3.05, 3.63) is 34.9 Å². The molecule has 1 aromatic carbocycles. The molecule has 1 aliphatic rings. The zero-order valence-corrected chi connectivity index (χ0v) is 14.5. The Labute approximate surface area is 139 Å². The topological polar surface area (TPSA) is 59.6 Å². The molecule has 0 aliphatic carbocycles. The van der Waals surface area contributed by atoms with Gasteiger partial charge in [-0.15, -0.1) is 0 Å². The third-order valence-electron chi connectivity index (χ3n) is 3.97. The van der Waals surface area contributed by atoms with Crippen LogP contribution in [0.3, 0.4) is 0 Å². The van der Waals surface area contributed by atoms with Crippen molar-refractivity contribution in [1.29, 1.82) is 0 Å². The van der Waals surface area contributed by atoms with E-state index in [9.17, 15) is 8.78 Å². The van der Waals surface area contributed by atoms with Crippen LogP contribution < -0.4 is 11.1 Å². The highest BCUT2D eigenvalue weighted by Gasteiger charge is 2.32. The molecule has 128 valence electrons. The number of hydrogen-bond donors (Lipinski definition) is 2. The molecule has 23 heavy (non-hydrogen) atoms. The lowest BCUT2D eigenvalue weighted by Crippen LogP contribution is -2.31. The van der Waals surface area contributed by atoms with E-state index in [-0.39, 0.29) is 6.04 Å². The molecule has 2 atom stereocenters. The van der Waals surface area contributed by atoms with E-state index >= 15 is 0 Å². The van der Waals surface area contributed by atoms with Crippen LogP contribution in [0, 0.1) is 11.6 Å². The Morgan fingerprint density at radius 3 is 2.83 bits per heavy atom. The van der Waals surface area contributed by atoms with Crippen LogP contribution in [-0.4, -0.2) is 30.7 Å². The van der Waals surface area contributed by atoms with Gasteiger partial charge in [-0.25, -0.2) is 8.78 Å². The van der Waals surface area contributed by atoms with Gasteiger partial charge in [0.2, 0.25) is 0 Å². The minimum atomic E-state index is -0.750. The number of nitrogens with two attached hydrogens (primary N) is 1. The second kappa shape index (κ2) is 7.59. The van der Waals surface area contributed by atoms with Gasteiger partial charge in [0.05, 0.1) is 12.1 Å². The molecule has 7 heteroatoms. The number of hydrogen-bond acceptors (Lipinski definition) is 5. The van der Waals surface area contributed by atoms with E-state index in [1.807, 2.05) is 13.8 Å². The smallest absolute Gasteiger partial charge is 0.154 e. The van der Waals surface area contributed by atoms with Crippen LogP contribution in [0.15, 0.2) is 17.1 Å². The Bertz CT molecular complexity index is 597. The first-order chi connectivity index (χ1) is 10.9. The molecular formula is C16H23F2N3OS. The Hall–Kier alpha value is -1.18. The first kappa shape index (κ1) is 18.2. The largest absolute Gasteiger partial charge is 0.383 e. The quantitative estimate of drug-likeness (QED) is 0.834. The summed E-state index contributed by atoms with van der Waals surface area (Å²) in [5, 5.41) is 3.60. The highest BCUT2D eigenvalue weighted by molar-refractivity contribution is 8.13. The number of amidine groups is 1. The van der Waals surface area contributed by atoms with Crippen molar-refractivity contribution in [2.24, 2.45) is 10.7 Å². The molecule has 0 spiro atoms. The molecular weight excluding hydrogens is 320 g/mol. The van der Waals surface area contributed by atoms with Crippen molar-refractivity contribution in [2.45, 2.75) is 38.4 Å². The summed E-state index contributed by atoms with van der Waals surface area (Å²) in [4.78, 5) is 4.40. The van der Waals surface area contributed by atoms with Gasteiger partial charge in [-0.2, -0.15) is 0 Å². The number of nitrogens with zero attached hydrogens (tertiary/aromatic N) is 1. The molecule has 0 saturated carbocycles. The Balaban J connectivity index is 2.27. The summed E-state index contributed by atoms with van der Waals surface area (Å²) < 4.78 is 33.4. The Kier molecular flexibility index (Phi) is 6.00. The summed E-state index contributed by atoms with van der Waals surface area (Å²) in [5.74, 6) is -0.377. The molecule has 1 aliphatic heterocycles. The summed E-state index contributed by atoms with van der Waals surface area (Å²) in [6.07, 6.45) is 0.661. The van der Waals surface area contributed by atoms with Gasteiger partial charge < -0.3 is 15.8 Å². The molecule has 0 amide bonds. The minimum Gasteiger partial charge on any atom is -0.383 e. The molecule has 2 rings (SSSR count). The van der Waals surface area contributed by atoms with Crippen LogP contribution in [0.1, 0.15) is 31.4 Å². The van der Waals surface area contributed by atoms with Crippen LogP contribution in [-0.2, 0) is 16.8 Å².